The third kappa shape index (κ3) is 5.29. The van der Waals surface area contributed by atoms with Crippen molar-refractivity contribution in [2.24, 2.45) is 5.92 Å². The Morgan fingerprint density at radius 2 is 1.72 bits per heavy atom. The molecule has 2 fully saturated rings. The van der Waals surface area contributed by atoms with Crippen molar-refractivity contribution in [2.75, 3.05) is 39.8 Å². The lowest BCUT2D eigenvalue weighted by atomic mass is 9.97. The summed E-state index contributed by atoms with van der Waals surface area (Å²) in [7, 11) is -2.26. The number of sulfonamides is 1. The molecule has 0 aliphatic carbocycles. The summed E-state index contributed by atoms with van der Waals surface area (Å²) in [5, 5.41) is 0. The van der Waals surface area contributed by atoms with Gasteiger partial charge in [-0.05, 0) is 44.7 Å². The van der Waals surface area contributed by atoms with Crippen molar-refractivity contribution < 1.29 is 27.5 Å². The van der Waals surface area contributed by atoms with Crippen LogP contribution in [0.3, 0.4) is 0 Å². The van der Waals surface area contributed by atoms with Gasteiger partial charge < -0.3 is 14.5 Å². The first-order chi connectivity index (χ1) is 15.3. The molecule has 1 unspecified atom stereocenters. The van der Waals surface area contributed by atoms with Crippen molar-refractivity contribution >= 4 is 27.8 Å². The molecule has 0 saturated carbocycles. The monoisotopic (exact) mass is 465 g/mol. The molecule has 2 saturated heterocycles. The van der Waals surface area contributed by atoms with Crippen molar-refractivity contribution in [3.63, 3.8) is 0 Å². The number of carbonyl (C=O) groups is 3. The van der Waals surface area contributed by atoms with Crippen LogP contribution in [-0.4, -0.2) is 86.2 Å². The van der Waals surface area contributed by atoms with Gasteiger partial charge in [-0.2, -0.15) is 4.31 Å². The van der Waals surface area contributed by atoms with E-state index in [0.717, 1.165) is 0 Å². The van der Waals surface area contributed by atoms with Crippen LogP contribution < -0.4 is 0 Å². The maximum Gasteiger partial charge on any atom is 0.309 e. The smallest absolute Gasteiger partial charge is 0.309 e. The number of ether oxygens (including phenoxy) is 1. The molecule has 0 spiro atoms. The summed E-state index contributed by atoms with van der Waals surface area (Å²) in [5.74, 6) is -1.02. The predicted octanol–water partition coefficient (Wildman–Crippen LogP) is 1.10. The van der Waals surface area contributed by atoms with Crippen LogP contribution in [0.25, 0.3) is 0 Å². The van der Waals surface area contributed by atoms with E-state index in [1.807, 2.05) is 0 Å². The molecule has 1 atom stereocenters. The Hall–Kier alpha value is -2.46. The largest absolute Gasteiger partial charge is 0.466 e. The van der Waals surface area contributed by atoms with Crippen molar-refractivity contribution in [2.45, 2.75) is 43.5 Å². The molecule has 3 rings (SSSR count). The van der Waals surface area contributed by atoms with E-state index in [1.165, 1.54) is 28.4 Å². The van der Waals surface area contributed by atoms with Crippen LogP contribution >= 0.6 is 0 Å². The van der Waals surface area contributed by atoms with Crippen LogP contribution in [0.4, 0.5) is 0 Å². The Kier molecular flexibility index (Phi) is 7.89. The zero-order chi connectivity index (χ0) is 23.3. The van der Waals surface area contributed by atoms with E-state index in [9.17, 15) is 22.8 Å². The molecule has 2 aliphatic rings. The summed E-state index contributed by atoms with van der Waals surface area (Å²) in [6.07, 6.45) is 2.09. The average Bonchev–Trinajstić information content (AvgIpc) is 3.30. The fourth-order valence-electron chi connectivity index (χ4n) is 4.26. The molecular weight excluding hydrogens is 434 g/mol. The second-order valence-electron chi connectivity index (χ2n) is 8.19. The molecule has 32 heavy (non-hydrogen) atoms. The van der Waals surface area contributed by atoms with E-state index in [2.05, 4.69) is 0 Å². The van der Waals surface area contributed by atoms with Crippen molar-refractivity contribution in [1.82, 2.24) is 14.1 Å². The number of piperidine rings is 1. The Bertz CT molecular complexity index is 928. The summed E-state index contributed by atoms with van der Waals surface area (Å²) in [6.45, 7) is 3.11. The molecule has 2 heterocycles. The van der Waals surface area contributed by atoms with Crippen molar-refractivity contribution in [3.05, 3.63) is 30.3 Å². The van der Waals surface area contributed by atoms with E-state index in [0.29, 0.717) is 45.4 Å². The van der Waals surface area contributed by atoms with E-state index < -0.39 is 16.1 Å². The molecule has 10 heteroatoms. The zero-order valence-electron chi connectivity index (χ0n) is 18.6. The van der Waals surface area contributed by atoms with Gasteiger partial charge in [0, 0.05) is 26.7 Å². The van der Waals surface area contributed by atoms with Gasteiger partial charge in [-0.25, -0.2) is 8.42 Å². The second-order valence-corrected chi connectivity index (χ2v) is 10.1. The first kappa shape index (κ1) is 24.2. The summed E-state index contributed by atoms with van der Waals surface area (Å²) >= 11 is 0. The Balaban J connectivity index is 1.58. The molecule has 1 aromatic rings. The van der Waals surface area contributed by atoms with Gasteiger partial charge in [0.25, 0.3) is 0 Å². The quantitative estimate of drug-likeness (QED) is 0.559. The minimum Gasteiger partial charge on any atom is -0.466 e. The highest BCUT2D eigenvalue weighted by atomic mass is 32.2. The molecule has 0 aromatic heterocycles. The first-order valence-corrected chi connectivity index (χ1v) is 12.5. The predicted molar refractivity (Wildman–Crippen MR) is 117 cm³/mol. The lowest BCUT2D eigenvalue weighted by molar-refractivity contribution is -0.151. The highest BCUT2D eigenvalue weighted by molar-refractivity contribution is 7.89. The minimum atomic E-state index is -3.79. The van der Waals surface area contributed by atoms with Crippen molar-refractivity contribution in [1.29, 1.82) is 0 Å². The normalized spacial score (nSPS) is 20.2. The van der Waals surface area contributed by atoms with Crippen LogP contribution in [-0.2, 0) is 29.1 Å². The fourth-order valence-corrected chi connectivity index (χ4v) is 5.93. The number of amides is 2. The topological polar surface area (TPSA) is 104 Å². The SMILES string of the molecule is CCOC(=O)C1CCN(C(=O)CN(C)C(=O)C2CCCN2S(=O)(=O)c2ccccc2)CC1. The third-order valence-corrected chi connectivity index (χ3v) is 7.98. The van der Waals surface area contributed by atoms with Gasteiger partial charge in [-0.1, -0.05) is 18.2 Å². The Morgan fingerprint density at radius 1 is 1.06 bits per heavy atom. The summed E-state index contributed by atoms with van der Waals surface area (Å²) in [5.41, 5.74) is 0. The van der Waals surface area contributed by atoms with E-state index in [-0.39, 0.29) is 41.7 Å². The number of benzene rings is 1. The Morgan fingerprint density at radius 3 is 2.34 bits per heavy atom. The van der Waals surface area contributed by atoms with Gasteiger partial charge in [0.05, 0.1) is 24.0 Å². The summed E-state index contributed by atoms with van der Waals surface area (Å²) in [6, 6.07) is 7.25. The summed E-state index contributed by atoms with van der Waals surface area (Å²) < 4.78 is 32.3. The lowest BCUT2D eigenvalue weighted by Crippen LogP contribution is -2.50. The van der Waals surface area contributed by atoms with Crippen LogP contribution in [0.15, 0.2) is 35.2 Å². The molecular formula is C22H31N3O6S. The van der Waals surface area contributed by atoms with Gasteiger partial charge in [0.2, 0.25) is 21.8 Å². The Labute approximate surface area is 189 Å². The molecule has 9 nitrogen and oxygen atoms in total. The number of likely N-dealkylation sites (N-methyl/N-ethyl adjacent to an activating group) is 1. The molecule has 0 bridgehead atoms. The number of hydrogen-bond donors (Lipinski definition) is 0. The van der Waals surface area contributed by atoms with E-state index in [1.54, 1.807) is 30.0 Å². The molecule has 1 aromatic carbocycles. The molecule has 0 N–H and O–H groups in total. The highest BCUT2D eigenvalue weighted by Gasteiger charge is 2.41. The number of nitrogens with zero attached hydrogens (tertiary/aromatic N) is 3. The van der Waals surface area contributed by atoms with Crippen molar-refractivity contribution in [3.8, 4) is 0 Å². The molecule has 176 valence electrons. The second kappa shape index (κ2) is 10.4. The number of rotatable bonds is 7. The van der Waals surface area contributed by atoms with Gasteiger partial charge in [-0.15, -0.1) is 0 Å². The highest BCUT2D eigenvalue weighted by Crippen LogP contribution is 2.27. The van der Waals surface area contributed by atoms with E-state index >= 15 is 0 Å². The molecule has 2 amide bonds. The maximum absolute atomic E-state index is 13.1. The van der Waals surface area contributed by atoms with Gasteiger partial charge in [-0.3, -0.25) is 14.4 Å². The van der Waals surface area contributed by atoms with E-state index in [4.69, 9.17) is 4.74 Å². The lowest BCUT2D eigenvalue weighted by Gasteiger charge is -2.33. The number of esters is 1. The van der Waals surface area contributed by atoms with Gasteiger partial charge in [0.1, 0.15) is 6.04 Å². The molecule has 2 aliphatic heterocycles. The number of likely N-dealkylation sites (tertiary alicyclic amines) is 1. The summed E-state index contributed by atoms with van der Waals surface area (Å²) in [4.78, 5) is 40.7. The van der Waals surface area contributed by atoms with Gasteiger partial charge >= 0.3 is 5.97 Å². The van der Waals surface area contributed by atoms with Crippen LogP contribution in [0, 0.1) is 5.92 Å². The number of hydrogen-bond acceptors (Lipinski definition) is 6. The average molecular weight is 466 g/mol. The van der Waals surface area contributed by atoms with Gasteiger partial charge in [0.15, 0.2) is 0 Å². The first-order valence-electron chi connectivity index (χ1n) is 11.0. The maximum atomic E-state index is 13.1. The van der Waals surface area contributed by atoms with Crippen LogP contribution in [0.1, 0.15) is 32.6 Å². The minimum absolute atomic E-state index is 0.126. The third-order valence-electron chi connectivity index (χ3n) is 6.05. The standard InChI is InChI=1S/C22H31N3O6S/c1-3-31-22(28)17-11-14-24(15-12-17)20(26)16-23(2)21(27)19-10-7-13-25(19)32(29,30)18-8-5-4-6-9-18/h4-6,8-9,17,19H,3,7,10-16H2,1-2H3. The fraction of sp³-hybridized carbons (Fsp3) is 0.591. The molecule has 0 radical (unpaired) electrons. The van der Waals surface area contributed by atoms with Crippen LogP contribution in [0.5, 0.6) is 0 Å². The zero-order valence-corrected chi connectivity index (χ0v) is 19.4. The number of carbonyl (C=O) groups excluding carboxylic acids is 3. The van der Waals surface area contributed by atoms with Crippen LogP contribution in [0.2, 0.25) is 0 Å².